The third kappa shape index (κ3) is 5.55. The molecule has 0 aliphatic rings. The van der Waals surface area contributed by atoms with Crippen LogP contribution < -0.4 is 9.47 Å². The van der Waals surface area contributed by atoms with Crippen LogP contribution in [-0.2, 0) is 6.54 Å². The minimum absolute atomic E-state index is 0.857. The van der Waals surface area contributed by atoms with Gasteiger partial charge in [0.2, 0.25) is 5.52 Å². The molecular formula is C38H29N2S2+. The van der Waals surface area contributed by atoms with E-state index in [-0.39, 0.29) is 0 Å². The predicted octanol–water partition coefficient (Wildman–Crippen LogP) is 10.6. The van der Waals surface area contributed by atoms with Crippen LogP contribution in [0.15, 0.2) is 152 Å². The van der Waals surface area contributed by atoms with Crippen molar-refractivity contribution in [2.24, 2.45) is 0 Å². The molecule has 2 aromatic heterocycles. The lowest BCUT2D eigenvalue weighted by Crippen LogP contribution is -2.35. The van der Waals surface area contributed by atoms with E-state index >= 15 is 0 Å². The first-order chi connectivity index (χ1) is 20.8. The smallest absolute Gasteiger partial charge is 0.263 e. The third-order valence-electron chi connectivity index (χ3n) is 7.28. The molecule has 0 aliphatic carbocycles. The van der Waals surface area contributed by atoms with Gasteiger partial charge in [-0.2, -0.15) is 4.57 Å². The molecule has 0 atom stereocenters. The molecule has 0 saturated heterocycles. The topological polar surface area (TPSA) is 7.12 Å². The van der Waals surface area contributed by atoms with Crippen molar-refractivity contribution >= 4 is 62.1 Å². The molecule has 0 spiro atoms. The Morgan fingerprint density at radius 2 is 1.12 bits per heavy atom. The second-order valence-electron chi connectivity index (χ2n) is 10.1. The predicted molar refractivity (Wildman–Crippen MR) is 181 cm³/mol. The Balaban J connectivity index is 1.15. The number of thiazole rings is 1. The average Bonchev–Trinajstić information content (AvgIpc) is 3.67. The van der Waals surface area contributed by atoms with Gasteiger partial charge in [-0.15, -0.1) is 11.3 Å². The maximum Gasteiger partial charge on any atom is 0.263 e. The minimum atomic E-state index is 0.857. The number of para-hydroxylation sites is 3. The quantitative estimate of drug-likeness (QED) is 0.163. The first-order valence-corrected chi connectivity index (χ1v) is 15.7. The number of aromatic nitrogens is 1. The molecule has 202 valence electrons. The SMILES string of the molecule is C(=C\c1sc2ccccc2[n+]1Cc1ccccc1)/c1ccc(-c2ccc(N(c3ccccc3)c3ccccc3)cc2)s1. The van der Waals surface area contributed by atoms with E-state index in [1.54, 1.807) is 0 Å². The number of benzene rings is 5. The Hall–Kier alpha value is -4.77. The Kier molecular flexibility index (Phi) is 7.47. The van der Waals surface area contributed by atoms with Crippen molar-refractivity contribution in [2.45, 2.75) is 6.54 Å². The molecule has 7 aromatic rings. The van der Waals surface area contributed by atoms with E-state index in [9.17, 15) is 0 Å². The summed E-state index contributed by atoms with van der Waals surface area (Å²) in [7, 11) is 0. The summed E-state index contributed by atoms with van der Waals surface area (Å²) in [6.07, 6.45) is 4.52. The average molecular weight is 578 g/mol. The summed E-state index contributed by atoms with van der Waals surface area (Å²) in [6, 6.07) is 53.8. The third-order valence-corrected chi connectivity index (χ3v) is 9.51. The van der Waals surface area contributed by atoms with Gasteiger partial charge in [0.05, 0.1) is 0 Å². The van der Waals surface area contributed by atoms with Crippen molar-refractivity contribution in [2.75, 3.05) is 4.90 Å². The minimum Gasteiger partial charge on any atom is -0.311 e. The van der Waals surface area contributed by atoms with Crippen molar-refractivity contribution < 1.29 is 4.57 Å². The van der Waals surface area contributed by atoms with E-state index in [4.69, 9.17) is 0 Å². The van der Waals surface area contributed by atoms with E-state index in [0.29, 0.717) is 0 Å². The van der Waals surface area contributed by atoms with Crippen LogP contribution in [-0.4, -0.2) is 0 Å². The first kappa shape index (κ1) is 26.1. The van der Waals surface area contributed by atoms with E-state index in [1.165, 1.54) is 36.1 Å². The molecule has 2 nitrogen and oxygen atoms in total. The van der Waals surface area contributed by atoms with Crippen molar-refractivity contribution in [1.29, 1.82) is 0 Å². The highest BCUT2D eigenvalue weighted by Crippen LogP contribution is 2.36. The highest BCUT2D eigenvalue weighted by Gasteiger charge is 2.19. The largest absolute Gasteiger partial charge is 0.311 e. The summed E-state index contributed by atoms with van der Waals surface area (Å²) in [5, 5.41) is 1.25. The molecule has 0 fully saturated rings. The van der Waals surface area contributed by atoms with Crippen molar-refractivity contribution in [3.05, 3.63) is 167 Å². The van der Waals surface area contributed by atoms with Crippen molar-refractivity contribution in [3.8, 4) is 10.4 Å². The zero-order valence-electron chi connectivity index (χ0n) is 23.0. The maximum atomic E-state index is 2.42. The Morgan fingerprint density at radius 1 is 0.524 bits per heavy atom. The molecule has 7 rings (SSSR count). The molecule has 42 heavy (non-hydrogen) atoms. The zero-order chi connectivity index (χ0) is 28.1. The fraction of sp³-hybridized carbons (Fsp3) is 0.0263. The Labute approximate surface area is 254 Å². The van der Waals surface area contributed by atoms with E-state index in [1.807, 2.05) is 22.7 Å². The molecule has 0 aliphatic heterocycles. The molecule has 0 amide bonds. The highest BCUT2D eigenvalue weighted by molar-refractivity contribution is 7.19. The second kappa shape index (κ2) is 12.0. The van der Waals surface area contributed by atoms with Gasteiger partial charge >= 0.3 is 0 Å². The van der Waals surface area contributed by atoms with Gasteiger partial charge in [-0.1, -0.05) is 102 Å². The van der Waals surface area contributed by atoms with Gasteiger partial charge in [0, 0.05) is 44.5 Å². The van der Waals surface area contributed by atoms with Gasteiger partial charge < -0.3 is 4.90 Å². The Bertz CT molecular complexity index is 1900. The van der Waals surface area contributed by atoms with Crippen LogP contribution >= 0.6 is 22.7 Å². The van der Waals surface area contributed by atoms with Crippen LogP contribution in [0, 0.1) is 0 Å². The lowest BCUT2D eigenvalue weighted by atomic mass is 10.1. The molecule has 0 bridgehead atoms. The lowest BCUT2D eigenvalue weighted by Gasteiger charge is -2.25. The molecule has 5 aromatic carbocycles. The summed E-state index contributed by atoms with van der Waals surface area (Å²) in [6.45, 7) is 0.857. The van der Waals surface area contributed by atoms with Gasteiger partial charge in [-0.25, -0.2) is 0 Å². The number of hydrogen-bond donors (Lipinski definition) is 0. The highest BCUT2D eigenvalue weighted by atomic mass is 32.1. The molecule has 0 saturated carbocycles. The second-order valence-corrected chi connectivity index (χ2v) is 12.2. The maximum absolute atomic E-state index is 2.42. The van der Waals surface area contributed by atoms with E-state index in [0.717, 1.165) is 23.6 Å². The molecule has 4 heteroatoms. The number of anilines is 3. The summed E-state index contributed by atoms with van der Waals surface area (Å²) in [5.74, 6) is 0. The van der Waals surface area contributed by atoms with Crippen LogP contribution in [0.3, 0.4) is 0 Å². The van der Waals surface area contributed by atoms with Crippen LogP contribution in [0.5, 0.6) is 0 Å². The summed E-state index contributed by atoms with van der Waals surface area (Å²) >= 11 is 3.67. The number of fused-ring (bicyclic) bond motifs is 1. The van der Waals surface area contributed by atoms with Crippen molar-refractivity contribution in [1.82, 2.24) is 0 Å². The Morgan fingerprint density at radius 3 is 1.81 bits per heavy atom. The molecule has 2 heterocycles. The summed E-state index contributed by atoms with van der Waals surface area (Å²) in [4.78, 5) is 4.80. The van der Waals surface area contributed by atoms with Gasteiger partial charge in [-0.05, 0) is 66.2 Å². The summed E-state index contributed by atoms with van der Waals surface area (Å²) in [5.41, 5.74) is 7.24. The van der Waals surface area contributed by atoms with Crippen LogP contribution in [0.25, 0.3) is 32.8 Å². The zero-order valence-corrected chi connectivity index (χ0v) is 24.6. The number of nitrogens with zero attached hydrogens (tertiary/aromatic N) is 2. The normalized spacial score (nSPS) is 11.3. The molecule has 0 unspecified atom stereocenters. The fourth-order valence-corrected chi connectivity index (χ4v) is 7.21. The van der Waals surface area contributed by atoms with Crippen molar-refractivity contribution in [3.63, 3.8) is 0 Å². The monoisotopic (exact) mass is 577 g/mol. The number of rotatable bonds is 8. The standard InChI is InChI=1S/C38H29N2S2/c1-4-12-29(13-5-1)28-39-35-18-10-11-19-37(35)42-38(39)27-25-34-24-26-36(41-34)30-20-22-33(23-21-30)40(31-14-6-2-7-15-31)32-16-8-3-9-17-32/h1-27H,28H2/q+1. The first-order valence-electron chi connectivity index (χ1n) is 14.1. The van der Waals surface area contributed by atoms with Gasteiger partial charge in [0.15, 0.2) is 6.54 Å². The van der Waals surface area contributed by atoms with Crippen LogP contribution in [0.2, 0.25) is 0 Å². The molecular weight excluding hydrogens is 549 g/mol. The summed E-state index contributed by atoms with van der Waals surface area (Å²) < 4.78 is 3.73. The number of hydrogen-bond acceptors (Lipinski definition) is 3. The van der Waals surface area contributed by atoms with E-state index < -0.39 is 0 Å². The van der Waals surface area contributed by atoms with Crippen LogP contribution in [0.1, 0.15) is 15.4 Å². The van der Waals surface area contributed by atoms with Gasteiger partial charge in [0.25, 0.3) is 5.01 Å². The van der Waals surface area contributed by atoms with Gasteiger partial charge in [0.1, 0.15) is 4.70 Å². The lowest BCUT2D eigenvalue weighted by molar-refractivity contribution is -0.659. The van der Waals surface area contributed by atoms with Gasteiger partial charge in [-0.3, -0.25) is 0 Å². The van der Waals surface area contributed by atoms with E-state index in [2.05, 4.69) is 173 Å². The fourth-order valence-electron chi connectivity index (χ4n) is 5.23. The number of thiophene rings is 1. The molecule has 0 N–H and O–H groups in total. The molecule has 0 radical (unpaired) electrons. The van der Waals surface area contributed by atoms with Crippen LogP contribution in [0.4, 0.5) is 17.1 Å².